The second-order valence-electron chi connectivity index (χ2n) is 4.78. The first-order chi connectivity index (χ1) is 7.97. The Morgan fingerprint density at radius 3 is 2.47 bits per heavy atom. The van der Waals surface area contributed by atoms with Gasteiger partial charge in [0.25, 0.3) is 0 Å². The van der Waals surface area contributed by atoms with Crippen LogP contribution in [-0.4, -0.2) is 23.6 Å². The molecule has 0 saturated carbocycles. The lowest BCUT2D eigenvalue weighted by molar-refractivity contribution is 0.342. The van der Waals surface area contributed by atoms with Crippen molar-refractivity contribution >= 4 is 22.4 Å². The largest absolute Gasteiger partial charge is 0.487 e. The molecular formula is C12H23N3OS. The molecule has 0 spiro atoms. The minimum absolute atomic E-state index is 0.413. The summed E-state index contributed by atoms with van der Waals surface area (Å²) in [6, 6.07) is 0.413. The molecule has 0 atom stereocenters. The number of nitrogens with zero attached hydrogens (tertiary/aromatic N) is 2. The minimum atomic E-state index is 0.413. The first kappa shape index (κ1) is 14.1. The molecule has 1 rings (SSSR count). The summed E-state index contributed by atoms with van der Waals surface area (Å²) in [6.07, 6.45) is 0. The van der Waals surface area contributed by atoms with Crippen LogP contribution in [0.1, 0.15) is 34.6 Å². The van der Waals surface area contributed by atoms with E-state index in [0.717, 1.165) is 17.3 Å². The van der Waals surface area contributed by atoms with E-state index in [1.165, 1.54) is 11.5 Å². The molecule has 0 saturated heterocycles. The molecule has 1 aromatic rings. The summed E-state index contributed by atoms with van der Waals surface area (Å²) >= 11 is 1.42. The molecule has 0 aliphatic carbocycles. The van der Waals surface area contributed by atoms with E-state index in [0.29, 0.717) is 24.4 Å². The second kappa shape index (κ2) is 6.10. The van der Waals surface area contributed by atoms with Crippen molar-refractivity contribution < 1.29 is 4.74 Å². The van der Waals surface area contributed by atoms with Gasteiger partial charge in [0, 0.05) is 12.6 Å². The van der Waals surface area contributed by atoms with E-state index in [4.69, 9.17) is 10.5 Å². The summed E-state index contributed by atoms with van der Waals surface area (Å²) in [5.74, 6) is 1.84. The molecule has 0 bridgehead atoms. The lowest BCUT2D eigenvalue weighted by Crippen LogP contribution is -2.33. The molecule has 0 aromatic carbocycles. The fraction of sp³-hybridized carbons (Fsp3) is 0.750. The summed E-state index contributed by atoms with van der Waals surface area (Å²) in [5, 5.41) is 1.05. The fourth-order valence-corrected chi connectivity index (χ4v) is 2.57. The van der Waals surface area contributed by atoms with Gasteiger partial charge in [-0.25, -0.2) is 0 Å². The van der Waals surface area contributed by atoms with E-state index in [-0.39, 0.29) is 0 Å². The minimum Gasteiger partial charge on any atom is -0.487 e. The zero-order valence-electron chi connectivity index (χ0n) is 11.4. The first-order valence-electron chi connectivity index (χ1n) is 6.11. The average molecular weight is 257 g/mol. The van der Waals surface area contributed by atoms with E-state index in [2.05, 4.69) is 37.0 Å². The zero-order chi connectivity index (χ0) is 13.0. The summed E-state index contributed by atoms with van der Waals surface area (Å²) < 4.78 is 9.80. The van der Waals surface area contributed by atoms with Gasteiger partial charge < -0.3 is 15.4 Å². The monoisotopic (exact) mass is 257 g/mol. The van der Waals surface area contributed by atoms with E-state index in [1.54, 1.807) is 0 Å². The zero-order valence-corrected chi connectivity index (χ0v) is 12.2. The molecule has 0 fully saturated rings. The van der Waals surface area contributed by atoms with E-state index in [1.807, 2.05) is 6.92 Å². The van der Waals surface area contributed by atoms with Crippen LogP contribution in [0.25, 0.3) is 0 Å². The molecule has 0 aliphatic heterocycles. The lowest BCUT2D eigenvalue weighted by atomic mass is 10.2. The Bertz CT molecular complexity index is 350. The highest BCUT2D eigenvalue weighted by molar-refractivity contribution is 7.11. The smallest absolute Gasteiger partial charge is 0.197 e. The Hall–Kier alpha value is -0.970. The second-order valence-corrected chi connectivity index (χ2v) is 5.53. The number of hydrogen-bond acceptors (Lipinski definition) is 5. The molecule has 1 heterocycles. The fourth-order valence-electron chi connectivity index (χ4n) is 1.67. The maximum Gasteiger partial charge on any atom is 0.197 e. The summed E-state index contributed by atoms with van der Waals surface area (Å²) in [6.45, 7) is 12.3. The number of nitrogens with two attached hydrogens (primary N) is 1. The van der Waals surface area contributed by atoms with Crippen molar-refractivity contribution in [3.05, 3.63) is 0 Å². The van der Waals surface area contributed by atoms with Crippen LogP contribution in [0.3, 0.4) is 0 Å². The van der Waals surface area contributed by atoms with Crippen LogP contribution in [0.15, 0.2) is 0 Å². The Balaban J connectivity index is 3.00. The number of anilines is 2. The third-order valence-electron chi connectivity index (χ3n) is 2.39. The van der Waals surface area contributed by atoms with Gasteiger partial charge in [-0.05, 0) is 38.2 Å². The molecule has 98 valence electrons. The van der Waals surface area contributed by atoms with E-state index >= 15 is 0 Å². The van der Waals surface area contributed by atoms with Gasteiger partial charge in [-0.3, -0.25) is 0 Å². The van der Waals surface area contributed by atoms with Crippen LogP contribution in [0, 0.1) is 5.92 Å². The van der Waals surface area contributed by atoms with Gasteiger partial charge >= 0.3 is 0 Å². The third kappa shape index (κ3) is 3.49. The van der Waals surface area contributed by atoms with Gasteiger partial charge in [-0.2, -0.15) is 4.37 Å². The van der Waals surface area contributed by atoms with Crippen molar-refractivity contribution in [3.8, 4) is 5.75 Å². The number of hydrogen-bond donors (Lipinski definition) is 1. The molecular weight excluding hydrogens is 234 g/mol. The van der Waals surface area contributed by atoms with Gasteiger partial charge in [0.1, 0.15) is 0 Å². The lowest BCUT2D eigenvalue weighted by Gasteiger charge is -2.29. The van der Waals surface area contributed by atoms with Gasteiger partial charge in [0.2, 0.25) is 0 Å². The quantitative estimate of drug-likeness (QED) is 0.851. The van der Waals surface area contributed by atoms with Crippen molar-refractivity contribution in [1.29, 1.82) is 0 Å². The maximum absolute atomic E-state index is 5.84. The van der Waals surface area contributed by atoms with Gasteiger partial charge in [-0.1, -0.05) is 13.8 Å². The van der Waals surface area contributed by atoms with Crippen molar-refractivity contribution in [2.24, 2.45) is 5.92 Å². The summed E-state index contributed by atoms with van der Waals surface area (Å²) in [4.78, 5) is 2.31. The van der Waals surface area contributed by atoms with Crippen LogP contribution in [0.2, 0.25) is 0 Å². The Morgan fingerprint density at radius 2 is 2.00 bits per heavy atom. The van der Waals surface area contributed by atoms with Gasteiger partial charge in [0.15, 0.2) is 16.6 Å². The topological polar surface area (TPSA) is 51.4 Å². The standard InChI is InChI=1S/C12H23N3OS/c1-6-16-10-11(13)14-17-12(10)15(9(4)5)7-8(2)3/h8-9H,6-7H2,1-5H3,(H2,13,14). The number of nitrogen functional groups attached to an aromatic ring is 1. The predicted octanol–water partition coefficient (Wildman–Crippen LogP) is 2.99. The first-order valence-corrected chi connectivity index (χ1v) is 6.89. The molecule has 1 aromatic heterocycles. The van der Waals surface area contributed by atoms with Crippen molar-refractivity contribution in [1.82, 2.24) is 4.37 Å². The average Bonchev–Trinajstić information content (AvgIpc) is 2.57. The number of ether oxygens (including phenoxy) is 1. The maximum atomic E-state index is 5.84. The van der Waals surface area contributed by atoms with Gasteiger partial charge in [0.05, 0.1) is 6.61 Å². The summed E-state index contributed by atoms with van der Waals surface area (Å²) in [7, 11) is 0. The molecule has 0 amide bonds. The van der Waals surface area contributed by atoms with Crippen LogP contribution in [-0.2, 0) is 0 Å². The highest BCUT2D eigenvalue weighted by Crippen LogP contribution is 2.39. The summed E-state index contributed by atoms with van der Waals surface area (Å²) in [5.41, 5.74) is 5.84. The molecule has 0 unspecified atom stereocenters. The molecule has 4 nitrogen and oxygen atoms in total. The third-order valence-corrected chi connectivity index (χ3v) is 3.27. The van der Waals surface area contributed by atoms with E-state index in [9.17, 15) is 0 Å². The molecule has 0 aliphatic rings. The van der Waals surface area contributed by atoms with Crippen LogP contribution >= 0.6 is 11.5 Å². The highest BCUT2D eigenvalue weighted by Gasteiger charge is 2.21. The van der Waals surface area contributed by atoms with Crippen molar-refractivity contribution in [2.45, 2.75) is 40.7 Å². The SMILES string of the molecule is CCOc1c(N)nsc1N(CC(C)C)C(C)C. The molecule has 5 heteroatoms. The Labute approximate surface area is 108 Å². The number of aromatic nitrogens is 1. The van der Waals surface area contributed by atoms with Crippen LogP contribution in [0.5, 0.6) is 5.75 Å². The Morgan fingerprint density at radius 1 is 1.35 bits per heavy atom. The van der Waals surface area contributed by atoms with Crippen molar-refractivity contribution in [2.75, 3.05) is 23.8 Å². The molecule has 17 heavy (non-hydrogen) atoms. The normalized spacial score (nSPS) is 11.2. The predicted molar refractivity (Wildman–Crippen MR) is 75.0 cm³/mol. The van der Waals surface area contributed by atoms with Crippen molar-refractivity contribution in [3.63, 3.8) is 0 Å². The van der Waals surface area contributed by atoms with Gasteiger partial charge in [-0.15, -0.1) is 0 Å². The van der Waals surface area contributed by atoms with Crippen LogP contribution < -0.4 is 15.4 Å². The Kier molecular flexibility index (Phi) is 5.05. The number of rotatable bonds is 6. The van der Waals surface area contributed by atoms with Crippen LogP contribution in [0.4, 0.5) is 10.8 Å². The highest BCUT2D eigenvalue weighted by atomic mass is 32.1. The molecule has 2 N–H and O–H groups in total. The van der Waals surface area contributed by atoms with E-state index < -0.39 is 0 Å². The molecule has 0 radical (unpaired) electrons.